The van der Waals surface area contributed by atoms with Crippen LogP contribution in [0.25, 0.3) is 22.1 Å². The number of hydrogen-bond donors (Lipinski definition) is 4. The molecular formula is C28H26N8O2. The zero-order valence-corrected chi connectivity index (χ0v) is 20.8. The highest BCUT2D eigenvalue weighted by molar-refractivity contribution is 5.75. The van der Waals surface area contributed by atoms with Gasteiger partial charge in [-0.25, -0.2) is 9.36 Å². The number of rotatable bonds is 7. The largest absolute Gasteiger partial charge is 0.508 e. The molecule has 0 spiro atoms. The van der Waals surface area contributed by atoms with Gasteiger partial charge in [-0.15, -0.1) is 10.2 Å². The monoisotopic (exact) mass is 506 g/mol. The number of benzene rings is 4. The van der Waals surface area contributed by atoms with E-state index in [1.165, 1.54) is 0 Å². The molecular weight excluding hydrogens is 480 g/mol. The lowest BCUT2D eigenvalue weighted by Crippen LogP contribution is -2.35. The van der Waals surface area contributed by atoms with Crippen LogP contribution in [0.4, 0.5) is 11.4 Å². The summed E-state index contributed by atoms with van der Waals surface area (Å²) in [5.41, 5.74) is 6.52. The first-order chi connectivity index (χ1) is 18.5. The summed E-state index contributed by atoms with van der Waals surface area (Å²) in [4.78, 5) is 0. The highest BCUT2D eigenvalue weighted by Gasteiger charge is 2.31. The Morgan fingerprint density at radius 3 is 1.45 bits per heavy atom. The van der Waals surface area contributed by atoms with Gasteiger partial charge in [-0.2, -0.15) is 0 Å². The van der Waals surface area contributed by atoms with Crippen molar-refractivity contribution in [3.63, 3.8) is 0 Å². The predicted molar refractivity (Wildman–Crippen MR) is 146 cm³/mol. The Labute approximate surface area is 218 Å². The topological polar surface area (TPSA) is 126 Å². The van der Waals surface area contributed by atoms with Crippen molar-refractivity contribution >= 4 is 33.4 Å². The molecule has 6 aromatic rings. The number of aromatic hydroxyl groups is 2. The van der Waals surface area contributed by atoms with Gasteiger partial charge >= 0.3 is 0 Å². The second kappa shape index (κ2) is 9.40. The quantitative estimate of drug-likeness (QED) is 0.220. The first kappa shape index (κ1) is 23.3. The molecule has 0 fully saturated rings. The number of para-hydroxylation sites is 2. The van der Waals surface area contributed by atoms with E-state index < -0.39 is 12.3 Å². The molecule has 190 valence electrons. The first-order valence-corrected chi connectivity index (χ1v) is 12.2. The molecule has 0 saturated heterocycles. The third-order valence-electron chi connectivity index (χ3n) is 6.61. The zero-order chi connectivity index (χ0) is 26.2. The fourth-order valence-electron chi connectivity index (χ4n) is 4.67. The lowest BCUT2D eigenvalue weighted by Gasteiger charge is -2.31. The predicted octanol–water partition coefficient (Wildman–Crippen LogP) is 5.13. The van der Waals surface area contributed by atoms with E-state index in [1.54, 1.807) is 24.3 Å². The lowest BCUT2D eigenvalue weighted by atomic mass is 10.1. The minimum atomic E-state index is -0.552. The van der Waals surface area contributed by atoms with Crippen molar-refractivity contribution in [3.8, 4) is 11.5 Å². The van der Waals surface area contributed by atoms with Gasteiger partial charge in [-0.3, -0.25) is 0 Å². The van der Waals surface area contributed by atoms with Crippen LogP contribution in [0.5, 0.6) is 11.5 Å². The second-order valence-corrected chi connectivity index (χ2v) is 9.22. The van der Waals surface area contributed by atoms with Crippen LogP contribution in [0.1, 0.15) is 23.5 Å². The maximum atomic E-state index is 10.0. The molecule has 0 saturated carbocycles. The highest BCUT2D eigenvalue weighted by Crippen LogP contribution is 2.34. The van der Waals surface area contributed by atoms with Gasteiger partial charge in [0.05, 0.1) is 11.0 Å². The minimum absolute atomic E-state index is 0.187. The molecule has 0 amide bonds. The molecule has 4 N–H and O–H groups in total. The maximum Gasteiger partial charge on any atom is 0.164 e. The molecule has 6 rings (SSSR count). The number of phenols is 2. The number of phenolic OH excluding ortho intramolecular Hbond substituents is 2. The molecule has 4 aromatic carbocycles. The van der Waals surface area contributed by atoms with Crippen LogP contribution in [-0.4, -0.2) is 40.2 Å². The Kier molecular flexibility index (Phi) is 5.76. The SMILES string of the molecule is Cc1cc(O)ccc1N[C@@H]([C@H](Nc1ccc(O)cc1C)n1nnc2ccccc21)n1nnc2ccccc21. The van der Waals surface area contributed by atoms with Crippen molar-refractivity contribution in [1.29, 1.82) is 0 Å². The fraction of sp³-hybridized carbons (Fsp3) is 0.143. The van der Waals surface area contributed by atoms with Crippen molar-refractivity contribution in [2.24, 2.45) is 0 Å². The molecule has 0 aliphatic rings. The molecule has 38 heavy (non-hydrogen) atoms. The molecule has 2 heterocycles. The summed E-state index contributed by atoms with van der Waals surface area (Å²) < 4.78 is 3.65. The van der Waals surface area contributed by atoms with Crippen molar-refractivity contribution in [1.82, 2.24) is 30.0 Å². The van der Waals surface area contributed by atoms with Crippen LogP contribution in [0, 0.1) is 13.8 Å². The van der Waals surface area contributed by atoms with Gasteiger partial charge in [0.1, 0.15) is 22.5 Å². The molecule has 0 aliphatic heterocycles. The van der Waals surface area contributed by atoms with Gasteiger partial charge in [0.2, 0.25) is 0 Å². The van der Waals surface area contributed by atoms with Gasteiger partial charge in [-0.1, -0.05) is 34.7 Å². The van der Waals surface area contributed by atoms with E-state index in [2.05, 4.69) is 31.3 Å². The van der Waals surface area contributed by atoms with Crippen molar-refractivity contribution < 1.29 is 10.2 Å². The van der Waals surface area contributed by atoms with Crippen molar-refractivity contribution in [3.05, 3.63) is 96.1 Å². The zero-order valence-electron chi connectivity index (χ0n) is 20.8. The van der Waals surface area contributed by atoms with Crippen LogP contribution in [0.3, 0.4) is 0 Å². The third kappa shape index (κ3) is 4.21. The number of nitrogens with zero attached hydrogens (tertiary/aromatic N) is 6. The summed E-state index contributed by atoms with van der Waals surface area (Å²) in [7, 11) is 0. The number of fused-ring (bicyclic) bond motifs is 2. The third-order valence-corrected chi connectivity index (χ3v) is 6.61. The Bertz CT molecular complexity index is 1630. The number of hydrogen-bond acceptors (Lipinski definition) is 8. The van der Waals surface area contributed by atoms with Crippen LogP contribution in [0.2, 0.25) is 0 Å². The Morgan fingerprint density at radius 1 is 0.605 bits per heavy atom. The molecule has 0 bridgehead atoms. The molecule has 0 unspecified atom stereocenters. The van der Waals surface area contributed by atoms with Gasteiger partial charge in [0.15, 0.2) is 12.3 Å². The molecule has 0 radical (unpaired) electrons. The number of aryl methyl sites for hydroxylation is 2. The first-order valence-electron chi connectivity index (χ1n) is 12.2. The maximum absolute atomic E-state index is 10.0. The average Bonchev–Trinajstić information content (AvgIpc) is 3.53. The average molecular weight is 507 g/mol. The molecule has 2 aromatic heterocycles. The van der Waals surface area contributed by atoms with Crippen molar-refractivity contribution in [2.45, 2.75) is 26.2 Å². The fourth-order valence-corrected chi connectivity index (χ4v) is 4.67. The van der Waals surface area contributed by atoms with E-state index in [0.29, 0.717) is 0 Å². The molecule has 10 nitrogen and oxygen atoms in total. The smallest absolute Gasteiger partial charge is 0.164 e. The number of nitrogens with one attached hydrogen (secondary N) is 2. The van der Waals surface area contributed by atoms with E-state index in [9.17, 15) is 10.2 Å². The van der Waals surface area contributed by atoms with Crippen LogP contribution < -0.4 is 10.6 Å². The Balaban J connectivity index is 1.56. The van der Waals surface area contributed by atoms with E-state index in [4.69, 9.17) is 0 Å². The summed E-state index contributed by atoms with van der Waals surface area (Å²) in [6.45, 7) is 3.85. The van der Waals surface area contributed by atoms with Crippen LogP contribution >= 0.6 is 0 Å². The second-order valence-electron chi connectivity index (χ2n) is 9.22. The normalized spacial score (nSPS) is 13.0. The lowest BCUT2D eigenvalue weighted by molar-refractivity contribution is 0.346. The number of anilines is 2. The van der Waals surface area contributed by atoms with E-state index >= 15 is 0 Å². The summed E-state index contributed by atoms with van der Waals surface area (Å²) in [5.74, 6) is 0.375. The highest BCUT2D eigenvalue weighted by atomic mass is 16.3. The Morgan fingerprint density at radius 2 is 1.03 bits per heavy atom. The Hall–Kier alpha value is -5.12. The summed E-state index contributed by atoms with van der Waals surface area (Å²) in [6, 6.07) is 25.9. The van der Waals surface area contributed by atoms with Gasteiger partial charge < -0.3 is 20.8 Å². The molecule has 2 atom stereocenters. The summed E-state index contributed by atoms with van der Waals surface area (Å²) >= 11 is 0. The van der Waals surface area contributed by atoms with E-state index in [-0.39, 0.29) is 11.5 Å². The van der Waals surface area contributed by atoms with E-state index in [1.807, 2.05) is 83.9 Å². The minimum Gasteiger partial charge on any atom is -0.508 e. The number of aromatic nitrogens is 6. The standard InChI is InChI=1S/C28H26N8O2/c1-17-15-19(37)11-13-21(17)29-27(35-25-9-5-3-7-23(25)31-33-35)28(30-22-14-12-20(38)16-18(22)2)36-26-10-6-4-8-24(26)32-34-36/h3-16,27-30,37-38H,1-2H3/t27-,28-/m1/s1. The summed E-state index contributed by atoms with van der Waals surface area (Å²) in [6.07, 6.45) is -1.10. The molecule has 0 aliphatic carbocycles. The van der Waals surface area contributed by atoms with Gasteiger partial charge in [0, 0.05) is 11.4 Å². The van der Waals surface area contributed by atoms with Crippen molar-refractivity contribution in [2.75, 3.05) is 10.6 Å². The molecule has 10 heteroatoms. The van der Waals surface area contributed by atoms with Gasteiger partial charge in [-0.05, 0) is 85.6 Å². The van der Waals surface area contributed by atoms with Crippen LogP contribution in [-0.2, 0) is 0 Å². The van der Waals surface area contributed by atoms with Crippen LogP contribution in [0.15, 0.2) is 84.9 Å². The van der Waals surface area contributed by atoms with E-state index in [0.717, 1.165) is 44.6 Å². The van der Waals surface area contributed by atoms with Gasteiger partial charge in [0.25, 0.3) is 0 Å². The summed E-state index contributed by atoms with van der Waals surface area (Å²) in [5, 5.41) is 45.2.